The van der Waals surface area contributed by atoms with E-state index in [1.807, 2.05) is 25.1 Å². The second-order valence-electron chi connectivity index (χ2n) is 7.29. The third kappa shape index (κ3) is 5.09. The molecule has 0 aromatic heterocycles. The molecule has 0 radical (unpaired) electrons. The van der Waals surface area contributed by atoms with Crippen LogP contribution in [0.25, 0.3) is 0 Å². The van der Waals surface area contributed by atoms with Crippen molar-refractivity contribution in [2.24, 2.45) is 0 Å². The van der Waals surface area contributed by atoms with Gasteiger partial charge in [0.1, 0.15) is 11.6 Å². The van der Waals surface area contributed by atoms with E-state index in [0.29, 0.717) is 6.42 Å². The Morgan fingerprint density at radius 2 is 2.00 bits per heavy atom. The topological polar surface area (TPSA) is 15.7 Å². The molecule has 0 amide bonds. The van der Waals surface area contributed by atoms with Crippen molar-refractivity contribution in [3.8, 4) is 5.75 Å². The van der Waals surface area contributed by atoms with Crippen molar-refractivity contribution in [2.45, 2.75) is 25.7 Å². The van der Waals surface area contributed by atoms with E-state index in [2.05, 4.69) is 22.9 Å². The fraction of sp³-hybridized carbons (Fsp3) is 0.524. The van der Waals surface area contributed by atoms with Crippen molar-refractivity contribution in [3.63, 3.8) is 0 Å². The second kappa shape index (κ2) is 9.03. The van der Waals surface area contributed by atoms with Crippen LogP contribution >= 0.6 is 11.6 Å². The third-order valence-electron chi connectivity index (χ3n) is 5.23. The highest BCUT2D eigenvalue weighted by molar-refractivity contribution is 6.31. The Morgan fingerprint density at radius 3 is 2.69 bits per heavy atom. The first kappa shape index (κ1) is 19.4. The molecular weight excluding hydrogens is 351 g/mol. The minimum atomic E-state index is -0.235. The largest absolute Gasteiger partial charge is 0.493 e. The molecule has 1 aromatic rings. The number of halogens is 2. The monoisotopic (exact) mass is 378 g/mol. The van der Waals surface area contributed by atoms with Crippen molar-refractivity contribution < 1.29 is 9.13 Å². The van der Waals surface area contributed by atoms with E-state index in [9.17, 15) is 4.39 Å². The number of benzene rings is 1. The number of rotatable bonds is 6. The van der Waals surface area contributed by atoms with Gasteiger partial charge in [0, 0.05) is 45.1 Å². The Labute approximate surface area is 161 Å². The maximum atomic E-state index is 13.7. The average molecular weight is 379 g/mol. The first-order valence-corrected chi connectivity index (χ1v) is 9.77. The van der Waals surface area contributed by atoms with E-state index in [1.165, 1.54) is 0 Å². The van der Waals surface area contributed by atoms with E-state index in [4.69, 9.17) is 16.3 Å². The molecule has 1 fully saturated rings. The van der Waals surface area contributed by atoms with Crippen LogP contribution in [0.5, 0.6) is 5.75 Å². The lowest BCUT2D eigenvalue weighted by Crippen LogP contribution is -2.44. The fourth-order valence-electron chi connectivity index (χ4n) is 3.49. The van der Waals surface area contributed by atoms with Gasteiger partial charge in [0.25, 0.3) is 0 Å². The van der Waals surface area contributed by atoms with Gasteiger partial charge in [-0.15, -0.1) is 0 Å². The number of piperazine rings is 1. The highest BCUT2D eigenvalue weighted by Crippen LogP contribution is 2.35. The fourth-order valence-corrected chi connectivity index (χ4v) is 3.64. The quantitative estimate of drug-likeness (QED) is 0.679. The number of likely N-dealkylation sites (N-methyl/N-ethyl adjacent to an activating group) is 1. The van der Waals surface area contributed by atoms with Gasteiger partial charge in [-0.3, -0.25) is 0 Å². The molecule has 1 aromatic carbocycles. The summed E-state index contributed by atoms with van der Waals surface area (Å²) in [5.41, 5.74) is 2.19. The lowest BCUT2D eigenvalue weighted by Gasteiger charge is -2.32. The molecule has 3 rings (SSSR count). The molecule has 3 nitrogen and oxygen atoms in total. The molecule has 26 heavy (non-hydrogen) atoms. The van der Waals surface area contributed by atoms with Crippen LogP contribution in [0.2, 0.25) is 0 Å². The Hall–Kier alpha value is -1.36. The molecule has 142 valence electrons. The molecular formula is C21H28ClFN2O. The van der Waals surface area contributed by atoms with Crippen molar-refractivity contribution in [2.75, 3.05) is 46.4 Å². The normalized spacial score (nSPS) is 22.1. The zero-order chi connectivity index (χ0) is 18.5. The molecule has 1 saturated heterocycles. The standard InChI is InChI=1S/C21H28ClFN2O/c1-16-14-17(18-4-6-19(22)20(23)15-18)5-7-21(16)26-13-3-8-25-11-9-24(2)10-12-25/h4-7,14,18H,3,8-13,15H2,1-2H3. The summed E-state index contributed by atoms with van der Waals surface area (Å²) in [6.45, 7) is 8.45. The summed E-state index contributed by atoms with van der Waals surface area (Å²) in [5.74, 6) is 0.726. The maximum Gasteiger partial charge on any atom is 0.122 e. The Balaban J connectivity index is 1.47. The Kier molecular flexibility index (Phi) is 6.74. The van der Waals surface area contributed by atoms with Crippen LogP contribution in [0.3, 0.4) is 0 Å². The zero-order valence-corrected chi connectivity index (χ0v) is 16.4. The lowest BCUT2D eigenvalue weighted by atomic mass is 9.91. The smallest absolute Gasteiger partial charge is 0.122 e. The molecule has 1 aliphatic heterocycles. The van der Waals surface area contributed by atoms with Crippen molar-refractivity contribution in [1.82, 2.24) is 9.80 Å². The van der Waals surface area contributed by atoms with Crippen molar-refractivity contribution >= 4 is 11.6 Å². The number of ether oxygens (including phenoxy) is 1. The highest BCUT2D eigenvalue weighted by atomic mass is 35.5. The van der Waals surface area contributed by atoms with Crippen LogP contribution in [0, 0.1) is 6.92 Å². The predicted octanol–water partition coefficient (Wildman–Crippen LogP) is 4.47. The van der Waals surface area contributed by atoms with E-state index < -0.39 is 0 Å². The van der Waals surface area contributed by atoms with Crippen LogP contribution in [0.15, 0.2) is 41.2 Å². The van der Waals surface area contributed by atoms with Gasteiger partial charge in [-0.1, -0.05) is 29.8 Å². The lowest BCUT2D eigenvalue weighted by molar-refractivity contribution is 0.145. The molecule has 1 atom stereocenters. The molecule has 5 heteroatoms. The van der Waals surface area contributed by atoms with Crippen molar-refractivity contribution in [3.05, 3.63) is 52.3 Å². The summed E-state index contributed by atoms with van der Waals surface area (Å²) in [7, 11) is 2.18. The van der Waals surface area contributed by atoms with Crippen LogP contribution in [-0.2, 0) is 0 Å². The molecule has 1 heterocycles. The number of nitrogens with zero attached hydrogens (tertiary/aromatic N) is 2. The number of aryl methyl sites for hydroxylation is 1. The SMILES string of the molecule is Cc1cc(C2C=CC(Cl)=C(F)C2)ccc1OCCCN1CCN(C)CC1. The van der Waals surface area contributed by atoms with Gasteiger partial charge in [0.2, 0.25) is 0 Å². The molecule has 1 unspecified atom stereocenters. The van der Waals surface area contributed by atoms with Gasteiger partial charge in [-0.25, -0.2) is 4.39 Å². The zero-order valence-electron chi connectivity index (χ0n) is 15.7. The van der Waals surface area contributed by atoms with Gasteiger partial charge >= 0.3 is 0 Å². The minimum Gasteiger partial charge on any atom is -0.493 e. The maximum absolute atomic E-state index is 13.7. The predicted molar refractivity (Wildman–Crippen MR) is 106 cm³/mol. The van der Waals surface area contributed by atoms with E-state index >= 15 is 0 Å². The Bertz CT molecular complexity index is 681. The number of hydrogen-bond acceptors (Lipinski definition) is 3. The summed E-state index contributed by atoms with van der Waals surface area (Å²) >= 11 is 5.80. The average Bonchev–Trinajstić information content (AvgIpc) is 2.63. The first-order chi connectivity index (χ1) is 12.5. The Morgan fingerprint density at radius 1 is 1.23 bits per heavy atom. The minimum absolute atomic E-state index is 0.0440. The molecule has 0 spiro atoms. The third-order valence-corrected chi connectivity index (χ3v) is 5.56. The van der Waals surface area contributed by atoms with Gasteiger partial charge in [0.15, 0.2) is 0 Å². The van der Waals surface area contributed by atoms with Crippen LogP contribution in [0.1, 0.15) is 29.9 Å². The number of allylic oxidation sites excluding steroid dienone is 4. The summed E-state index contributed by atoms with van der Waals surface area (Å²) in [6, 6.07) is 6.13. The van der Waals surface area contributed by atoms with Crippen LogP contribution in [0.4, 0.5) is 4.39 Å². The van der Waals surface area contributed by atoms with Gasteiger partial charge in [-0.05, 0) is 43.7 Å². The molecule has 0 saturated carbocycles. The van der Waals surface area contributed by atoms with Gasteiger partial charge < -0.3 is 14.5 Å². The first-order valence-electron chi connectivity index (χ1n) is 9.39. The summed E-state index contributed by atoms with van der Waals surface area (Å²) in [4.78, 5) is 4.87. The molecule has 2 aliphatic rings. The number of hydrogen-bond donors (Lipinski definition) is 0. The van der Waals surface area contributed by atoms with Crippen LogP contribution < -0.4 is 4.74 Å². The molecule has 0 N–H and O–H groups in total. The van der Waals surface area contributed by atoms with Crippen LogP contribution in [-0.4, -0.2) is 56.2 Å². The summed E-state index contributed by atoms with van der Waals surface area (Å²) in [5, 5.41) is 0.221. The molecule has 1 aliphatic carbocycles. The highest BCUT2D eigenvalue weighted by Gasteiger charge is 2.18. The van der Waals surface area contributed by atoms with Gasteiger partial charge in [-0.2, -0.15) is 0 Å². The second-order valence-corrected chi connectivity index (χ2v) is 7.70. The van der Waals surface area contributed by atoms with E-state index in [-0.39, 0.29) is 16.8 Å². The van der Waals surface area contributed by atoms with E-state index in [1.54, 1.807) is 6.08 Å². The summed E-state index contributed by atoms with van der Waals surface area (Å²) in [6.07, 6.45) is 4.99. The van der Waals surface area contributed by atoms with E-state index in [0.717, 1.165) is 62.6 Å². The molecule has 0 bridgehead atoms. The van der Waals surface area contributed by atoms with Gasteiger partial charge in [0.05, 0.1) is 11.6 Å². The van der Waals surface area contributed by atoms with Crippen molar-refractivity contribution in [1.29, 1.82) is 0 Å². The summed E-state index contributed by atoms with van der Waals surface area (Å²) < 4.78 is 19.7.